The molecule has 0 bridgehead atoms. The van der Waals surface area contributed by atoms with E-state index < -0.39 is 6.04 Å². The van der Waals surface area contributed by atoms with Crippen LogP contribution in [0, 0.1) is 0 Å². The molecule has 7 heteroatoms. The number of piperazine rings is 1. The zero-order valence-corrected chi connectivity index (χ0v) is 10.5. The minimum atomic E-state index is -0.472. The van der Waals surface area contributed by atoms with Crippen molar-refractivity contribution in [2.45, 2.75) is 13.0 Å². The van der Waals surface area contributed by atoms with Crippen molar-refractivity contribution in [3.05, 3.63) is 24.0 Å². The van der Waals surface area contributed by atoms with Crippen LogP contribution in [0.25, 0.3) is 0 Å². The second kappa shape index (κ2) is 4.69. The van der Waals surface area contributed by atoms with Crippen LogP contribution >= 0.6 is 12.2 Å². The van der Waals surface area contributed by atoms with Gasteiger partial charge >= 0.3 is 0 Å². The van der Waals surface area contributed by atoms with Crippen LogP contribution in [0.3, 0.4) is 0 Å². The summed E-state index contributed by atoms with van der Waals surface area (Å²) in [5.41, 5.74) is 6.61. The first-order valence-electron chi connectivity index (χ1n) is 5.36. The number of aromatic nitrogens is 1. The molecule has 6 nitrogen and oxygen atoms in total. The number of hydrogen-bond donors (Lipinski definition) is 2. The second-order valence-electron chi connectivity index (χ2n) is 3.95. The van der Waals surface area contributed by atoms with E-state index in [1.165, 1.54) is 0 Å². The molecule has 0 saturated carbocycles. The summed E-state index contributed by atoms with van der Waals surface area (Å²) in [6.45, 7) is 1.78. The number of carbonyl (C=O) groups is 2. The first-order chi connectivity index (χ1) is 8.50. The van der Waals surface area contributed by atoms with Crippen LogP contribution in [-0.4, -0.2) is 34.4 Å². The molecule has 0 radical (unpaired) electrons. The van der Waals surface area contributed by atoms with Crippen LogP contribution in [0.5, 0.6) is 0 Å². The third-order valence-corrected chi connectivity index (χ3v) is 2.95. The van der Waals surface area contributed by atoms with Gasteiger partial charge in [0.15, 0.2) is 0 Å². The van der Waals surface area contributed by atoms with Gasteiger partial charge in [-0.3, -0.25) is 19.9 Å². The van der Waals surface area contributed by atoms with E-state index in [-0.39, 0.29) is 23.3 Å². The van der Waals surface area contributed by atoms with Crippen molar-refractivity contribution >= 4 is 34.7 Å². The normalized spacial score (nSPS) is 19.6. The van der Waals surface area contributed by atoms with Crippen LogP contribution < -0.4 is 16.0 Å². The van der Waals surface area contributed by atoms with Crippen LogP contribution in [0.4, 0.5) is 5.69 Å². The summed E-state index contributed by atoms with van der Waals surface area (Å²) in [5.74, 6) is -0.695. The van der Waals surface area contributed by atoms with Crippen molar-refractivity contribution in [2.75, 3.05) is 11.4 Å². The van der Waals surface area contributed by atoms with Crippen molar-refractivity contribution in [1.82, 2.24) is 10.3 Å². The fraction of sp³-hybridized carbons (Fsp3) is 0.273. The van der Waals surface area contributed by atoms with Gasteiger partial charge in [-0.25, -0.2) is 0 Å². The molecular formula is C11H12N4O2S. The number of hydrogen-bond acceptors (Lipinski definition) is 5. The Morgan fingerprint density at radius 1 is 1.61 bits per heavy atom. The van der Waals surface area contributed by atoms with E-state index in [0.29, 0.717) is 11.4 Å². The average molecular weight is 264 g/mol. The molecule has 1 saturated heterocycles. The Bertz CT molecular complexity index is 532. The van der Waals surface area contributed by atoms with E-state index in [2.05, 4.69) is 10.3 Å². The standard InChI is InChI=1S/C11H12N4O2S/c1-6-11(17)14-8(16)5-15(6)7-3-2-4-13-9(7)10(12)18/h2-4,6H,5H2,1H3,(H2,12,18)(H,14,16,17). The topological polar surface area (TPSA) is 88.3 Å². The molecule has 0 aliphatic carbocycles. The van der Waals surface area contributed by atoms with Crippen molar-refractivity contribution in [3.63, 3.8) is 0 Å². The number of rotatable bonds is 2. The third-order valence-electron chi connectivity index (χ3n) is 2.75. The number of imide groups is 1. The highest BCUT2D eigenvalue weighted by Crippen LogP contribution is 2.22. The number of pyridine rings is 1. The van der Waals surface area contributed by atoms with Gasteiger partial charge in [-0.2, -0.15) is 0 Å². The summed E-state index contributed by atoms with van der Waals surface area (Å²) in [4.78, 5) is 28.9. The SMILES string of the molecule is CC1C(=O)NC(=O)CN1c1cccnc1C(N)=S. The van der Waals surface area contributed by atoms with E-state index in [4.69, 9.17) is 18.0 Å². The summed E-state index contributed by atoms with van der Waals surface area (Å²) in [5, 5.41) is 2.27. The molecule has 0 aromatic carbocycles. The molecule has 2 rings (SSSR count). The molecule has 1 fully saturated rings. The first-order valence-corrected chi connectivity index (χ1v) is 5.76. The lowest BCUT2D eigenvalue weighted by molar-refractivity contribution is -0.132. The van der Waals surface area contributed by atoms with Crippen LogP contribution in [-0.2, 0) is 9.59 Å². The summed E-state index contributed by atoms with van der Waals surface area (Å²) < 4.78 is 0. The van der Waals surface area contributed by atoms with E-state index in [9.17, 15) is 9.59 Å². The maximum absolute atomic E-state index is 11.6. The number of nitrogens with zero attached hydrogens (tertiary/aromatic N) is 2. The van der Waals surface area contributed by atoms with Crippen molar-refractivity contribution in [3.8, 4) is 0 Å². The molecule has 18 heavy (non-hydrogen) atoms. The molecule has 1 atom stereocenters. The molecular weight excluding hydrogens is 252 g/mol. The molecule has 1 aliphatic heterocycles. The number of carbonyl (C=O) groups excluding carboxylic acids is 2. The van der Waals surface area contributed by atoms with Crippen molar-refractivity contribution < 1.29 is 9.59 Å². The summed E-state index contributed by atoms with van der Waals surface area (Å²) in [7, 11) is 0. The zero-order chi connectivity index (χ0) is 13.3. The van der Waals surface area contributed by atoms with Gasteiger partial charge < -0.3 is 10.6 Å². The van der Waals surface area contributed by atoms with Gasteiger partial charge in [0.05, 0.1) is 12.2 Å². The lowest BCUT2D eigenvalue weighted by atomic mass is 10.1. The molecule has 2 amide bonds. The Kier molecular flexibility index (Phi) is 3.24. The van der Waals surface area contributed by atoms with E-state index in [0.717, 1.165) is 0 Å². The molecule has 3 N–H and O–H groups in total. The lowest BCUT2D eigenvalue weighted by Gasteiger charge is -2.34. The zero-order valence-electron chi connectivity index (χ0n) is 9.71. The fourth-order valence-corrected chi connectivity index (χ4v) is 1.98. The molecule has 1 unspecified atom stereocenters. The van der Waals surface area contributed by atoms with Crippen LogP contribution in [0.2, 0.25) is 0 Å². The monoisotopic (exact) mass is 264 g/mol. The molecule has 1 aromatic heterocycles. The fourth-order valence-electron chi connectivity index (χ4n) is 1.83. The van der Waals surface area contributed by atoms with Gasteiger partial charge in [0.2, 0.25) is 11.8 Å². The molecule has 94 valence electrons. The van der Waals surface area contributed by atoms with Crippen molar-refractivity contribution in [2.24, 2.45) is 5.73 Å². The Morgan fingerprint density at radius 2 is 2.33 bits per heavy atom. The van der Waals surface area contributed by atoms with Crippen LogP contribution in [0.1, 0.15) is 12.6 Å². The van der Waals surface area contributed by atoms with Gasteiger partial charge in [-0.1, -0.05) is 12.2 Å². The Morgan fingerprint density at radius 3 is 3.00 bits per heavy atom. The summed E-state index contributed by atoms with van der Waals surface area (Å²) >= 11 is 4.92. The average Bonchev–Trinajstić information content (AvgIpc) is 2.33. The minimum Gasteiger partial charge on any atom is -0.388 e. The summed E-state index contributed by atoms with van der Waals surface area (Å²) in [6, 6.07) is 2.98. The minimum absolute atomic E-state index is 0.0776. The van der Waals surface area contributed by atoms with E-state index in [1.54, 1.807) is 30.2 Å². The highest BCUT2D eigenvalue weighted by Gasteiger charge is 2.31. The van der Waals surface area contributed by atoms with Gasteiger partial charge in [0.1, 0.15) is 16.7 Å². The molecule has 1 aliphatic rings. The molecule has 2 heterocycles. The Balaban J connectivity index is 2.44. The van der Waals surface area contributed by atoms with E-state index in [1.807, 2.05) is 0 Å². The highest BCUT2D eigenvalue weighted by atomic mass is 32.1. The highest BCUT2D eigenvalue weighted by molar-refractivity contribution is 7.80. The third kappa shape index (κ3) is 2.17. The summed E-state index contributed by atoms with van der Waals surface area (Å²) in [6.07, 6.45) is 1.56. The number of nitrogens with one attached hydrogen (secondary N) is 1. The second-order valence-corrected chi connectivity index (χ2v) is 4.39. The van der Waals surface area contributed by atoms with E-state index >= 15 is 0 Å². The van der Waals surface area contributed by atoms with Gasteiger partial charge in [-0.05, 0) is 19.1 Å². The smallest absolute Gasteiger partial charge is 0.249 e. The van der Waals surface area contributed by atoms with Gasteiger partial charge in [0, 0.05) is 6.20 Å². The number of amides is 2. The first kappa shape index (κ1) is 12.4. The Labute approximate surface area is 109 Å². The Hall–Kier alpha value is -2.02. The van der Waals surface area contributed by atoms with Gasteiger partial charge in [0.25, 0.3) is 0 Å². The predicted octanol–water partition coefficient (Wildman–Crippen LogP) is -0.433. The van der Waals surface area contributed by atoms with Crippen molar-refractivity contribution in [1.29, 1.82) is 0 Å². The number of anilines is 1. The van der Waals surface area contributed by atoms with Gasteiger partial charge in [-0.15, -0.1) is 0 Å². The maximum Gasteiger partial charge on any atom is 0.249 e. The quantitative estimate of drug-likeness (QED) is 0.556. The predicted molar refractivity (Wildman–Crippen MR) is 70.1 cm³/mol. The maximum atomic E-state index is 11.6. The number of thiocarbonyl (C=S) groups is 1. The lowest BCUT2D eigenvalue weighted by Crippen LogP contribution is -2.57. The molecule has 1 aromatic rings. The number of nitrogens with two attached hydrogens (primary N) is 1. The van der Waals surface area contributed by atoms with Crippen LogP contribution in [0.15, 0.2) is 18.3 Å². The largest absolute Gasteiger partial charge is 0.388 e. The molecule has 0 spiro atoms.